The average molecular weight is 251 g/mol. The van der Waals surface area contributed by atoms with E-state index < -0.39 is 0 Å². The van der Waals surface area contributed by atoms with Gasteiger partial charge in [0, 0.05) is 32.3 Å². The van der Waals surface area contributed by atoms with Gasteiger partial charge in [-0.05, 0) is 32.3 Å². The molecule has 0 saturated carbocycles. The number of rotatable bonds is 3. The molecular formula is C13H21N3O2. The average Bonchev–Trinajstić information content (AvgIpc) is 2.83. The quantitative estimate of drug-likeness (QED) is 0.854. The molecule has 0 bridgehead atoms. The Morgan fingerprint density at radius 2 is 2.22 bits per heavy atom. The fourth-order valence-electron chi connectivity index (χ4n) is 2.54. The molecule has 5 heteroatoms. The van der Waals surface area contributed by atoms with Gasteiger partial charge in [-0.3, -0.25) is 9.48 Å². The molecule has 1 N–H and O–H groups in total. The van der Waals surface area contributed by atoms with Gasteiger partial charge in [0.15, 0.2) is 0 Å². The highest BCUT2D eigenvalue weighted by atomic mass is 16.3. The fourth-order valence-corrected chi connectivity index (χ4v) is 2.54. The van der Waals surface area contributed by atoms with Gasteiger partial charge in [0.2, 0.25) is 5.91 Å². The molecule has 0 aromatic carbocycles. The molecule has 1 amide bonds. The Bertz CT molecular complexity index is 453. The van der Waals surface area contributed by atoms with Crippen LogP contribution in [0.1, 0.15) is 29.8 Å². The SMILES string of the molecule is Cc1nn(C)c(C)c1CCC(=O)N1CC[C@H](O)C1. The summed E-state index contributed by atoms with van der Waals surface area (Å²) in [5.41, 5.74) is 3.30. The zero-order valence-corrected chi connectivity index (χ0v) is 11.3. The van der Waals surface area contributed by atoms with E-state index in [2.05, 4.69) is 5.10 Å². The lowest BCUT2D eigenvalue weighted by Crippen LogP contribution is -2.29. The molecule has 2 heterocycles. The van der Waals surface area contributed by atoms with E-state index in [-0.39, 0.29) is 12.0 Å². The van der Waals surface area contributed by atoms with Gasteiger partial charge in [-0.2, -0.15) is 5.10 Å². The van der Waals surface area contributed by atoms with E-state index in [9.17, 15) is 9.90 Å². The van der Waals surface area contributed by atoms with Crippen molar-refractivity contribution in [3.05, 3.63) is 17.0 Å². The van der Waals surface area contributed by atoms with Crippen LogP contribution in [0.3, 0.4) is 0 Å². The molecule has 2 rings (SSSR count). The third-order valence-corrected chi connectivity index (χ3v) is 3.76. The summed E-state index contributed by atoms with van der Waals surface area (Å²) in [7, 11) is 1.92. The molecule has 0 aliphatic carbocycles. The summed E-state index contributed by atoms with van der Waals surface area (Å²) in [5, 5.41) is 13.8. The van der Waals surface area contributed by atoms with Crippen molar-refractivity contribution in [1.29, 1.82) is 0 Å². The standard InChI is InChI=1S/C13H21N3O2/c1-9-12(10(2)15(3)14-9)4-5-13(18)16-7-6-11(17)8-16/h11,17H,4-8H2,1-3H3/t11-/m0/s1. The number of aromatic nitrogens is 2. The van der Waals surface area contributed by atoms with Gasteiger partial charge >= 0.3 is 0 Å². The maximum atomic E-state index is 12.0. The molecule has 0 spiro atoms. The molecular weight excluding hydrogens is 230 g/mol. The third kappa shape index (κ3) is 2.56. The fraction of sp³-hybridized carbons (Fsp3) is 0.692. The van der Waals surface area contributed by atoms with Crippen molar-refractivity contribution < 1.29 is 9.90 Å². The van der Waals surface area contributed by atoms with E-state index in [1.54, 1.807) is 4.90 Å². The monoisotopic (exact) mass is 251 g/mol. The Morgan fingerprint density at radius 1 is 1.50 bits per heavy atom. The van der Waals surface area contributed by atoms with E-state index in [1.165, 1.54) is 5.56 Å². The first-order valence-corrected chi connectivity index (χ1v) is 6.44. The first-order chi connectivity index (χ1) is 8.49. The number of hydrogen-bond donors (Lipinski definition) is 1. The first-order valence-electron chi connectivity index (χ1n) is 6.44. The molecule has 5 nitrogen and oxygen atoms in total. The van der Waals surface area contributed by atoms with Crippen LogP contribution in [0.25, 0.3) is 0 Å². The molecule has 100 valence electrons. The van der Waals surface area contributed by atoms with Crippen LogP contribution in [0.5, 0.6) is 0 Å². The molecule has 18 heavy (non-hydrogen) atoms. The maximum absolute atomic E-state index is 12.0. The summed E-state index contributed by atoms with van der Waals surface area (Å²) >= 11 is 0. The highest BCUT2D eigenvalue weighted by molar-refractivity contribution is 5.76. The number of amides is 1. The molecule has 0 unspecified atom stereocenters. The van der Waals surface area contributed by atoms with Gasteiger partial charge in [0.05, 0.1) is 11.8 Å². The normalized spacial score (nSPS) is 19.6. The minimum absolute atomic E-state index is 0.134. The van der Waals surface area contributed by atoms with Crippen LogP contribution in [-0.2, 0) is 18.3 Å². The molecule has 0 radical (unpaired) electrons. The minimum Gasteiger partial charge on any atom is -0.391 e. The summed E-state index contributed by atoms with van der Waals surface area (Å²) in [5.74, 6) is 0.134. The number of likely N-dealkylation sites (tertiary alicyclic amines) is 1. The van der Waals surface area contributed by atoms with Crippen LogP contribution in [0.4, 0.5) is 0 Å². The Labute approximate surface area is 107 Å². The first kappa shape index (κ1) is 13.1. The highest BCUT2D eigenvalue weighted by Crippen LogP contribution is 2.16. The lowest BCUT2D eigenvalue weighted by atomic mass is 10.1. The number of carbonyl (C=O) groups is 1. The highest BCUT2D eigenvalue weighted by Gasteiger charge is 2.24. The van der Waals surface area contributed by atoms with Gasteiger partial charge in [-0.25, -0.2) is 0 Å². The predicted octanol–water partition coefficient (Wildman–Crippen LogP) is 0.563. The van der Waals surface area contributed by atoms with Crippen molar-refractivity contribution in [3.8, 4) is 0 Å². The predicted molar refractivity (Wildman–Crippen MR) is 68.2 cm³/mol. The Morgan fingerprint density at radius 3 is 2.72 bits per heavy atom. The lowest BCUT2D eigenvalue weighted by molar-refractivity contribution is -0.130. The van der Waals surface area contributed by atoms with Gasteiger partial charge in [0.25, 0.3) is 0 Å². The molecule has 1 aromatic heterocycles. The summed E-state index contributed by atoms with van der Waals surface area (Å²) in [6, 6.07) is 0. The van der Waals surface area contributed by atoms with E-state index in [0.29, 0.717) is 25.9 Å². The van der Waals surface area contributed by atoms with E-state index >= 15 is 0 Å². The maximum Gasteiger partial charge on any atom is 0.222 e. The molecule has 1 atom stereocenters. The molecule has 1 aliphatic rings. The topological polar surface area (TPSA) is 58.4 Å². The van der Waals surface area contributed by atoms with Crippen LogP contribution in [0.15, 0.2) is 0 Å². The van der Waals surface area contributed by atoms with Crippen molar-refractivity contribution in [1.82, 2.24) is 14.7 Å². The number of carbonyl (C=O) groups excluding carboxylic acids is 1. The Kier molecular flexibility index (Phi) is 3.71. The summed E-state index contributed by atoms with van der Waals surface area (Å²) < 4.78 is 1.86. The van der Waals surface area contributed by atoms with Crippen molar-refractivity contribution in [2.45, 2.75) is 39.2 Å². The van der Waals surface area contributed by atoms with Crippen LogP contribution in [0.2, 0.25) is 0 Å². The molecule has 1 fully saturated rings. The zero-order valence-electron chi connectivity index (χ0n) is 11.3. The molecule has 1 aliphatic heterocycles. The minimum atomic E-state index is -0.337. The van der Waals surface area contributed by atoms with Crippen molar-refractivity contribution in [3.63, 3.8) is 0 Å². The number of β-amino-alcohol motifs (C(OH)–C–C–N with tert-alkyl or cyclic N) is 1. The summed E-state index contributed by atoms with van der Waals surface area (Å²) in [6.07, 6.45) is 1.60. The Balaban J connectivity index is 1.93. The van der Waals surface area contributed by atoms with Crippen LogP contribution >= 0.6 is 0 Å². The lowest BCUT2D eigenvalue weighted by Gasteiger charge is -2.15. The second kappa shape index (κ2) is 5.10. The van der Waals surface area contributed by atoms with Crippen LogP contribution < -0.4 is 0 Å². The summed E-state index contributed by atoms with van der Waals surface area (Å²) in [4.78, 5) is 13.7. The second-order valence-electron chi connectivity index (χ2n) is 5.06. The van der Waals surface area contributed by atoms with Gasteiger partial charge < -0.3 is 10.0 Å². The van der Waals surface area contributed by atoms with E-state index in [4.69, 9.17) is 0 Å². The van der Waals surface area contributed by atoms with Crippen LogP contribution in [0, 0.1) is 13.8 Å². The number of aliphatic hydroxyl groups excluding tert-OH is 1. The van der Waals surface area contributed by atoms with Crippen molar-refractivity contribution in [2.24, 2.45) is 7.05 Å². The van der Waals surface area contributed by atoms with E-state index in [0.717, 1.165) is 17.8 Å². The van der Waals surface area contributed by atoms with Crippen molar-refractivity contribution >= 4 is 5.91 Å². The van der Waals surface area contributed by atoms with Gasteiger partial charge in [-0.15, -0.1) is 0 Å². The Hall–Kier alpha value is -1.36. The zero-order chi connectivity index (χ0) is 13.3. The van der Waals surface area contributed by atoms with Crippen molar-refractivity contribution in [2.75, 3.05) is 13.1 Å². The summed E-state index contributed by atoms with van der Waals surface area (Å²) in [6.45, 7) is 5.18. The number of aliphatic hydroxyl groups is 1. The van der Waals surface area contributed by atoms with Crippen LogP contribution in [-0.4, -0.2) is 44.9 Å². The van der Waals surface area contributed by atoms with E-state index in [1.807, 2.05) is 25.6 Å². The third-order valence-electron chi connectivity index (χ3n) is 3.76. The molecule has 1 aromatic rings. The second-order valence-corrected chi connectivity index (χ2v) is 5.06. The number of aryl methyl sites for hydroxylation is 2. The largest absolute Gasteiger partial charge is 0.391 e. The smallest absolute Gasteiger partial charge is 0.222 e. The van der Waals surface area contributed by atoms with Gasteiger partial charge in [0.1, 0.15) is 0 Å². The number of nitrogens with zero attached hydrogens (tertiary/aromatic N) is 3. The number of hydrogen-bond acceptors (Lipinski definition) is 3. The molecule has 1 saturated heterocycles. The van der Waals surface area contributed by atoms with Gasteiger partial charge in [-0.1, -0.05) is 0 Å².